The van der Waals surface area contributed by atoms with E-state index in [1.165, 1.54) is 22.3 Å². The maximum absolute atomic E-state index is 6.43. The van der Waals surface area contributed by atoms with Crippen LogP contribution < -0.4 is 0 Å². The van der Waals surface area contributed by atoms with Crippen molar-refractivity contribution >= 4 is 21.9 Å². The molecule has 0 unspecified atom stereocenters. The predicted molar refractivity (Wildman–Crippen MR) is 225 cm³/mol. The van der Waals surface area contributed by atoms with Crippen molar-refractivity contribution in [2.24, 2.45) is 0 Å². The molecule has 0 radical (unpaired) electrons. The Bertz CT molecular complexity index is 2940. The molecule has 0 N–H and O–H groups in total. The first-order valence-electron chi connectivity index (χ1n) is 18.4. The Morgan fingerprint density at radius 1 is 0.273 bits per heavy atom. The highest BCUT2D eigenvalue weighted by Crippen LogP contribution is 2.39. The number of rotatable bonds is 7. The van der Waals surface area contributed by atoms with E-state index in [0.29, 0.717) is 17.5 Å². The predicted octanol–water partition coefficient (Wildman–Crippen LogP) is 13.4. The van der Waals surface area contributed by atoms with E-state index in [1.807, 2.05) is 54.6 Å². The van der Waals surface area contributed by atoms with Crippen LogP contribution in [0.2, 0.25) is 0 Å². The number of hydrogen-bond donors (Lipinski definition) is 0. The summed E-state index contributed by atoms with van der Waals surface area (Å²) in [4.78, 5) is 15.3. The van der Waals surface area contributed by atoms with Gasteiger partial charge in [-0.1, -0.05) is 176 Å². The lowest BCUT2D eigenvalue weighted by atomic mass is 9.98. The zero-order chi connectivity index (χ0) is 36.6. The second-order valence-corrected chi connectivity index (χ2v) is 13.6. The van der Waals surface area contributed by atoms with Crippen LogP contribution in [-0.2, 0) is 0 Å². The van der Waals surface area contributed by atoms with Gasteiger partial charge in [0.2, 0.25) is 0 Å². The van der Waals surface area contributed by atoms with Crippen LogP contribution in [0.3, 0.4) is 0 Å². The van der Waals surface area contributed by atoms with E-state index in [2.05, 4.69) is 146 Å². The lowest BCUT2D eigenvalue weighted by Crippen LogP contribution is -2.00. The number of hydrogen-bond acceptors (Lipinski definition) is 4. The van der Waals surface area contributed by atoms with Gasteiger partial charge >= 0.3 is 0 Å². The van der Waals surface area contributed by atoms with Crippen molar-refractivity contribution in [2.75, 3.05) is 0 Å². The van der Waals surface area contributed by atoms with Crippen molar-refractivity contribution < 1.29 is 4.42 Å². The maximum Gasteiger partial charge on any atom is 0.164 e. The fraction of sp³-hybridized carbons (Fsp3) is 0. The summed E-state index contributed by atoms with van der Waals surface area (Å²) in [6.45, 7) is 0. The summed E-state index contributed by atoms with van der Waals surface area (Å²) < 4.78 is 6.43. The zero-order valence-electron chi connectivity index (χ0n) is 29.8. The van der Waals surface area contributed by atoms with Crippen LogP contribution in [0.1, 0.15) is 0 Å². The van der Waals surface area contributed by atoms with Crippen molar-refractivity contribution in [2.45, 2.75) is 0 Å². The average Bonchev–Trinajstić information content (AvgIpc) is 3.66. The molecule has 0 bridgehead atoms. The summed E-state index contributed by atoms with van der Waals surface area (Å²) in [5.41, 5.74) is 13.6. The minimum Gasteiger partial charge on any atom is -0.456 e. The minimum absolute atomic E-state index is 0.592. The highest BCUT2D eigenvalue weighted by atomic mass is 16.3. The monoisotopic (exact) mass is 703 g/mol. The van der Waals surface area contributed by atoms with Crippen molar-refractivity contribution in [3.05, 3.63) is 200 Å². The standard InChI is InChI=1S/C51H33N3O/c1-4-12-34(13-5-1)36-22-24-38(25-23-36)43-30-31-46-45(33-43)48-44(20-11-21-47(48)55-46)51-53-49(39-16-8-3-9-17-39)52-50(54-51)40-28-26-37(27-29-40)42-19-10-18-41(32-42)35-14-6-2-7-15-35/h1-33H. The van der Waals surface area contributed by atoms with E-state index in [9.17, 15) is 0 Å². The Labute approximate surface area is 319 Å². The van der Waals surface area contributed by atoms with Crippen LogP contribution in [0.25, 0.3) is 101 Å². The summed E-state index contributed by atoms with van der Waals surface area (Å²) in [7, 11) is 0. The average molecular weight is 704 g/mol. The maximum atomic E-state index is 6.43. The summed E-state index contributed by atoms with van der Waals surface area (Å²) in [5, 5.41) is 1.99. The number of nitrogens with zero attached hydrogens (tertiary/aromatic N) is 3. The number of fused-ring (bicyclic) bond motifs is 3. The lowest BCUT2D eigenvalue weighted by Gasteiger charge is -2.10. The molecule has 4 nitrogen and oxygen atoms in total. The third-order valence-corrected chi connectivity index (χ3v) is 10.2. The third-order valence-electron chi connectivity index (χ3n) is 10.2. The summed E-state index contributed by atoms with van der Waals surface area (Å²) in [6, 6.07) is 69.4. The number of aromatic nitrogens is 3. The van der Waals surface area contributed by atoms with E-state index in [-0.39, 0.29) is 0 Å². The second-order valence-electron chi connectivity index (χ2n) is 13.6. The fourth-order valence-electron chi connectivity index (χ4n) is 7.34. The third kappa shape index (κ3) is 6.26. The Balaban J connectivity index is 1.06. The van der Waals surface area contributed by atoms with Gasteiger partial charge in [-0.2, -0.15) is 0 Å². The van der Waals surface area contributed by atoms with Gasteiger partial charge in [-0.05, 0) is 68.8 Å². The van der Waals surface area contributed by atoms with E-state index < -0.39 is 0 Å². The van der Waals surface area contributed by atoms with Crippen molar-refractivity contribution in [1.29, 1.82) is 0 Å². The first-order chi connectivity index (χ1) is 27.2. The van der Waals surface area contributed by atoms with Gasteiger partial charge in [-0.25, -0.2) is 15.0 Å². The zero-order valence-corrected chi connectivity index (χ0v) is 29.8. The summed E-state index contributed by atoms with van der Waals surface area (Å²) >= 11 is 0. The molecule has 0 atom stereocenters. The molecular weight excluding hydrogens is 671 g/mol. The van der Waals surface area contributed by atoms with E-state index in [1.54, 1.807) is 0 Å². The van der Waals surface area contributed by atoms with Gasteiger partial charge in [0, 0.05) is 27.5 Å². The fourth-order valence-corrected chi connectivity index (χ4v) is 7.34. The van der Waals surface area contributed by atoms with Gasteiger partial charge in [0.05, 0.1) is 0 Å². The normalized spacial score (nSPS) is 11.3. The number of furan rings is 1. The molecule has 0 amide bonds. The van der Waals surface area contributed by atoms with E-state index in [4.69, 9.17) is 19.4 Å². The molecule has 0 saturated heterocycles. The van der Waals surface area contributed by atoms with E-state index >= 15 is 0 Å². The molecule has 258 valence electrons. The molecular formula is C51H33N3O. The van der Waals surface area contributed by atoms with Gasteiger partial charge in [0.25, 0.3) is 0 Å². The van der Waals surface area contributed by atoms with Crippen LogP contribution in [-0.4, -0.2) is 15.0 Å². The van der Waals surface area contributed by atoms with Crippen LogP contribution >= 0.6 is 0 Å². The number of benzene rings is 8. The van der Waals surface area contributed by atoms with Gasteiger partial charge < -0.3 is 4.42 Å². The topological polar surface area (TPSA) is 51.8 Å². The van der Waals surface area contributed by atoms with Crippen molar-refractivity contribution in [1.82, 2.24) is 15.0 Å². The van der Waals surface area contributed by atoms with E-state index in [0.717, 1.165) is 60.9 Å². The van der Waals surface area contributed by atoms with Crippen LogP contribution in [0.5, 0.6) is 0 Å². The lowest BCUT2D eigenvalue weighted by molar-refractivity contribution is 0.669. The minimum atomic E-state index is 0.592. The molecule has 0 aliphatic rings. The SMILES string of the molecule is c1ccc(-c2ccc(-c3ccc4oc5cccc(-c6nc(-c7ccccc7)nc(-c7ccc(-c8cccc(-c9ccccc9)c8)cc7)n6)c5c4c3)cc2)cc1. The molecule has 0 fully saturated rings. The molecule has 0 saturated carbocycles. The molecule has 0 spiro atoms. The molecule has 2 aromatic heterocycles. The Kier molecular flexibility index (Phi) is 8.12. The van der Waals surface area contributed by atoms with Crippen molar-refractivity contribution in [3.8, 4) is 78.7 Å². The molecule has 8 aromatic carbocycles. The first-order valence-corrected chi connectivity index (χ1v) is 18.4. The van der Waals surface area contributed by atoms with Crippen LogP contribution in [0.15, 0.2) is 205 Å². The molecule has 55 heavy (non-hydrogen) atoms. The molecule has 10 rings (SSSR count). The smallest absolute Gasteiger partial charge is 0.164 e. The van der Waals surface area contributed by atoms with Gasteiger partial charge in [0.15, 0.2) is 17.5 Å². The van der Waals surface area contributed by atoms with Gasteiger partial charge in [0.1, 0.15) is 11.2 Å². The molecule has 10 aromatic rings. The summed E-state index contributed by atoms with van der Waals surface area (Å²) in [5.74, 6) is 1.82. The molecule has 0 aliphatic carbocycles. The van der Waals surface area contributed by atoms with Crippen LogP contribution in [0, 0.1) is 0 Å². The Morgan fingerprint density at radius 2 is 0.673 bits per heavy atom. The highest BCUT2D eigenvalue weighted by molar-refractivity contribution is 6.12. The summed E-state index contributed by atoms with van der Waals surface area (Å²) in [6.07, 6.45) is 0. The van der Waals surface area contributed by atoms with Crippen LogP contribution in [0.4, 0.5) is 0 Å². The quantitative estimate of drug-likeness (QED) is 0.166. The second kappa shape index (κ2) is 13.8. The molecule has 2 heterocycles. The van der Waals surface area contributed by atoms with Gasteiger partial charge in [-0.3, -0.25) is 0 Å². The van der Waals surface area contributed by atoms with Crippen molar-refractivity contribution in [3.63, 3.8) is 0 Å². The largest absolute Gasteiger partial charge is 0.456 e. The Morgan fingerprint density at radius 3 is 1.27 bits per heavy atom. The highest BCUT2D eigenvalue weighted by Gasteiger charge is 2.18. The Hall–Kier alpha value is -7.43. The molecule has 0 aliphatic heterocycles. The molecule has 4 heteroatoms. The van der Waals surface area contributed by atoms with Gasteiger partial charge in [-0.15, -0.1) is 0 Å². The first kappa shape index (κ1) is 32.2.